The lowest BCUT2D eigenvalue weighted by atomic mass is 10.0. The van der Waals surface area contributed by atoms with Crippen LogP contribution in [0.5, 0.6) is 0 Å². The van der Waals surface area contributed by atoms with Crippen molar-refractivity contribution in [1.82, 2.24) is 10.2 Å². The van der Waals surface area contributed by atoms with Crippen LogP contribution in [0, 0.1) is 5.92 Å². The van der Waals surface area contributed by atoms with Crippen molar-refractivity contribution in [2.24, 2.45) is 5.92 Å². The SMILES string of the molecule is CCCCCCC(C)NCC(CC(C)C)N(C)C. The second-order valence-electron chi connectivity index (χ2n) is 6.41. The first-order chi connectivity index (χ1) is 8.47. The quantitative estimate of drug-likeness (QED) is 0.564. The van der Waals surface area contributed by atoms with Crippen LogP contribution in [0.4, 0.5) is 0 Å². The smallest absolute Gasteiger partial charge is 0.0217 e. The minimum Gasteiger partial charge on any atom is -0.313 e. The van der Waals surface area contributed by atoms with Gasteiger partial charge in [-0.1, -0.05) is 46.5 Å². The highest BCUT2D eigenvalue weighted by Crippen LogP contribution is 2.09. The van der Waals surface area contributed by atoms with Gasteiger partial charge in [-0.05, 0) is 39.8 Å². The highest BCUT2D eigenvalue weighted by Gasteiger charge is 2.14. The first kappa shape index (κ1) is 17.9. The molecule has 0 rings (SSSR count). The molecule has 0 aromatic heterocycles. The summed E-state index contributed by atoms with van der Waals surface area (Å²) in [4.78, 5) is 2.36. The molecule has 0 radical (unpaired) electrons. The second kappa shape index (κ2) is 10.8. The van der Waals surface area contributed by atoms with E-state index < -0.39 is 0 Å². The van der Waals surface area contributed by atoms with Crippen molar-refractivity contribution in [1.29, 1.82) is 0 Å². The fourth-order valence-electron chi connectivity index (χ4n) is 2.34. The molecule has 2 heteroatoms. The summed E-state index contributed by atoms with van der Waals surface area (Å²) in [5.41, 5.74) is 0. The van der Waals surface area contributed by atoms with Crippen LogP contribution in [0.1, 0.15) is 66.2 Å². The molecule has 0 aliphatic heterocycles. The fraction of sp³-hybridized carbons (Fsp3) is 1.00. The van der Waals surface area contributed by atoms with E-state index in [1.165, 1.54) is 38.5 Å². The van der Waals surface area contributed by atoms with E-state index in [4.69, 9.17) is 0 Å². The van der Waals surface area contributed by atoms with Crippen LogP contribution in [-0.4, -0.2) is 37.6 Å². The van der Waals surface area contributed by atoms with E-state index in [1.807, 2.05) is 0 Å². The molecule has 18 heavy (non-hydrogen) atoms. The first-order valence-electron chi connectivity index (χ1n) is 7.87. The van der Waals surface area contributed by atoms with E-state index in [1.54, 1.807) is 0 Å². The highest BCUT2D eigenvalue weighted by atomic mass is 15.1. The molecule has 2 unspecified atom stereocenters. The van der Waals surface area contributed by atoms with Gasteiger partial charge < -0.3 is 10.2 Å². The lowest BCUT2D eigenvalue weighted by Gasteiger charge is -2.28. The van der Waals surface area contributed by atoms with Crippen molar-refractivity contribution in [2.75, 3.05) is 20.6 Å². The number of nitrogens with zero attached hydrogens (tertiary/aromatic N) is 1. The van der Waals surface area contributed by atoms with Crippen LogP contribution in [-0.2, 0) is 0 Å². The summed E-state index contributed by atoms with van der Waals surface area (Å²) < 4.78 is 0. The Balaban J connectivity index is 3.74. The molecule has 0 saturated carbocycles. The zero-order valence-corrected chi connectivity index (χ0v) is 13.6. The predicted molar refractivity (Wildman–Crippen MR) is 83.2 cm³/mol. The maximum Gasteiger partial charge on any atom is 0.0217 e. The highest BCUT2D eigenvalue weighted by molar-refractivity contribution is 4.73. The second-order valence-corrected chi connectivity index (χ2v) is 6.41. The Kier molecular flexibility index (Phi) is 10.8. The first-order valence-corrected chi connectivity index (χ1v) is 7.87. The van der Waals surface area contributed by atoms with Crippen LogP contribution >= 0.6 is 0 Å². The van der Waals surface area contributed by atoms with E-state index in [-0.39, 0.29) is 0 Å². The zero-order chi connectivity index (χ0) is 14.0. The van der Waals surface area contributed by atoms with E-state index in [0.29, 0.717) is 12.1 Å². The summed E-state index contributed by atoms with van der Waals surface area (Å²) in [7, 11) is 4.39. The number of nitrogens with one attached hydrogen (secondary N) is 1. The lowest BCUT2D eigenvalue weighted by Crippen LogP contribution is -2.41. The Morgan fingerprint density at radius 3 is 2.17 bits per heavy atom. The van der Waals surface area contributed by atoms with Gasteiger partial charge in [-0.2, -0.15) is 0 Å². The summed E-state index contributed by atoms with van der Waals surface area (Å²) >= 11 is 0. The number of likely N-dealkylation sites (N-methyl/N-ethyl adjacent to an activating group) is 1. The monoisotopic (exact) mass is 256 g/mol. The Morgan fingerprint density at radius 2 is 1.67 bits per heavy atom. The Bertz CT molecular complexity index is 178. The minimum absolute atomic E-state index is 0.663. The lowest BCUT2D eigenvalue weighted by molar-refractivity contribution is 0.240. The number of hydrogen-bond acceptors (Lipinski definition) is 2. The minimum atomic E-state index is 0.663. The molecule has 1 N–H and O–H groups in total. The molecule has 0 saturated heterocycles. The van der Waals surface area contributed by atoms with Gasteiger partial charge in [0.25, 0.3) is 0 Å². The molecule has 2 nitrogen and oxygen atoms in total. The third kappa shape index (κ3) is 9.90. The van der Waals surface area contributed by atoms with E-state index in [9.17, 15) is 0 Å². The summed E-state index contributed by atoms with van der Waals surface area (Å²) in [6.07, 6.45) is 8.09. The number of unbranched alkanes of at least 4 members (excludes halogenated alkanes) is 3. The van der Waals surface area contributed by atoms with Gasteiger partial charge in [0.15, 0.2) is 0 Å². The largest absolute Gasteiger partial charge is 0.313 e. The van der Waals surface area contributed by atoms with E-state index in [0.717, 1.165) is 12.5 Å². The topological polar surface area (TPSA) is 15.3 Å². The summed E-state index contributed by atoms with van der Waals surface area (Å²) in [5.74, 6) is 0.777. The van der Waals surface area contributed by atoms with Crippen LogP contribution in [0.15, 0.2) is 0 Å². The van der Waals surface area contributed by atoms with Crippen molar-refractivity contribution in [3.63, 3.8) is 0 Å². The third-order valence-corrected chi connectivity index (χ3v) is 3.67. The molecule has 0 heterocycles. The van der Waals surface area contributed by atoms with Crippen LogP contribution < -0.4 is 5.32 Å². The van der Waals surface area contributed by atoms with Crippen molar-refractivity contribution < 1.29 is 0 Å². The predicted octanol–water partition coefficient (Wildman–Crippen LogP) is 3.91. The molecule has 0 amide bonds. The molecule has 0 aliphatic rings. The molecule has 0 aliphatic carbocycles. The summed E-state index contributed by atoms with van der Waals surface area (Å²) in [5, 5.41) is 3.70. The molecule has 2 atom stereocenters. The summed E-state index contributed by atoms with van der Waals surface area (Å²) in [6.45, 7) is 10.3. The average molecular weight is 256 g/mol. The van der Waals surface area contributed by atoms with Gasteiger partial charge in [-0.25, -0.2) is 0 Å². The van der Waals surface area contributed by atoms with Gasteiger partial charge in [0.2, 0.25) is 0 Å². The standard InChI is InChI=1S/C16H36N2/c1-7-8-9-10-11-15(4)17-13-16(18(5)6)12-14(2)3/h14-17H,7-13H2,1-6H3. The molecule has 0 aromatic rings. The molecular formula is C16H36N2. The Morgan fingerprint density at radius 1 is 1.00 bits per heavy atom. The normalized spacial score (nSPS) is 15.3. The van der Waals surface area contributed by atoms with Gasteiger partial charge in [0.05, 0.1) is 0 Å². The van der Waals surface area contributed by atoms with Gasteiger partial charge in [0, 0.05) is 18.6 Å². The van der Waals surface area contributed by atoms with Gasteiger partial charge >= 0.3 is 0 Å². The molecule has 0 aromatic carbocycles. The van der Waals surface area contributed by atoms with Crippen LogP contribution in [0.2, 0.25) is 0 Å². The Labute approximate surface area is 116 Å². The van der Waals surface area contributed by atoms with Crippen molar-refractivity contribution >= 4 is 0 Å². The molecule has 0 bridgehead atoms. The Hall–Kier alpha value is -0.0800. The molecule has 0 spiro atoms. The van der Waals surface area contributed by atoms with Crippen molar-refractivity contribution in [3.8, 4) is 0 Å². The van der Waals surface area contributed by atoms with Gasteiger partial charge in [-0.3, -0.25) is 0 Å². The van der Waals surface area contributed by atoms with Crippen LogP contribution in [0.25, 0.3) is 0 Å². The van der Waals surface area contributed by atoms with Crippen molar-refractivity contribution in [2.45, 2.75) is 78.3 Å². The van der Waals surface area contributed by atoms with E-state index >= 15 is 0 Å². The zero-order valence-electron chi connectivity index (χ0n) is 13.6. The van der Waals surface area contributed by atoms with Crippen LogP contribution in [0.3, 0.4) is 0 Å². The molecule has 110 valence electrons. The van der Waals surface area contributed by atoms with Crippen molar-refractivity contribution in [3.05, 3.63) is 0 Å². The maximum atomic E-state index is 3.70. The maximum absolute atomic E-state index is 3.70. The molecule has 0 fully saturated rings. The number of rotatable bonds is 11. The number of hydrogen-bond donors (Lipinski definition) is 1. The van der Waals surface area contributed by atoms with Gasteiger partial charge in [-0.15, -0.1) is 0 Å². The fourth-order valence-corrected chi connectivity index (χ4v) is 2.34. The van der Waals surface area contributed by atoms with Gasteiger partial charge in [0.1, 0.15) is 0 Å². The average Bonchev–Trinajstić information content (AvgIpc) is 2.29. The van der Waals surface area contributed by atoms with E-state index in [2.05, 4.69) is 52.0 Å². The molecular weight excluding hydrogens is 220 g/mol. The summed E-state index contributed by atoms with van der Waals surface area (Å²) in [6, 6.07) is 1.33. The third-order valence-electron chi connectivity index (χ3n) is 3.67.